The molecular weight excluding hydrogens is 411 g/mol. The van der Waals surface area contributed by atoms with Gasteiger partial charge >= 0.3 is 0 Å². The van der Waals surface area contributed by atoms with Gasteiger partial charge in [-0.15, -0.1) is 0 Å². The van der Waals surface area contributed by atoms with Crippen molar-refractivity contribution in [1.29, 1.82) is 5.26 Å². The van der Waals surface area contributed by atoms with Crippen LogP contribution in [-0.4, -0.2) is 37.3 Å². The third-order valence-electron chi connectivity index (χ3n) is 4.90. The number of methoxy groups -OCH3 is 1. The second kappa shape index (κ2) is 10.3. The first-order chi connectivity index (χ1) is 15.3. The van der Waals surface area contributed by atoms with E-state index in [1.807, 2.05) is 19.9 Å². The maximum absolute atomic E-state index is 13.2. The van der Waals surface area contributed by atoms with E-state index in [9.17, 15) is 9.18 Å². The third kappa shape index (κ3) is 6.34. The summed E-state index contributed by atoms with van der Waals surface area (Å²) in [4.78, 5) is 17.0. The highest BCUT2D eigenvalue weighted by Crippen LogP contribution is 2.21. The molecule has 2 aromatic rings. The van der Waals surface area contributed by atoms with Crippen molar-refractivity contribution in [2.24, 2.45) is 4.99 Å². The highest BCUT2D eigenvalue weighted by molar-refractivity contribution is 6.03. The molecule has 4 N–H and O–H groups in total. The summed E-state index contributed by atoms with van der Waals surface area (Å²) in [5.74, 6) is -0.489. The van der Waals surface area contributed by atoms with E-state index >= 15 is 0 Å². The zero-order valence-corrected chi connectivity index (χ0v) is 18.3. The van der Waals surface area contributed by atoms with Gasteiger partial charge in [-0.1, -0.05) is 18.2 Å². The molecule has 0 aliphatic carbocycles. The molecule has 2 unspecified atom stereocenters. The van der Waals surface area contributed by atoms with E-state index in [1.54, 1.807) is 37.4 Å². The number of nitrogens with zero attached hydrogens (tertiary/aromatic N) is 2. The first-order valence-electron chi connectivity index (χ1n) is 10.2. The summed E-state index contributed by atoms with van der Waals surface area (Å²) in [5, 5.41) is 15.5. The first-order valence-corrected chi connectivity index (χ1v) is 10.2. The van der Waals surface area contributed by atoms with E-state index in [2.05, 4.69) is 26.5 Å². The predicted molar refractivity (Wildman–Crippen MR) is 119 cm³/mol. The molecule has 0 spiro atoms. The number of halogens is 1. The van der Waals surface area contributed by atoms with E-state index < -0.39 is 11.4 Å². The summed E-state index contributed by atoms with van der Waals surface area (Å²) >= 11 is 0. The molecule has 0 radical (unpaired) electrons. The Kier molecular flexibility index (Phi) is 7.53. The van der Waals surface area contributed by atoms with E-state index in [0.717, 1.165) is 5.56 Å². The number of guanidine groups is 1. The third-order valence-corrected chi connectivity index (χ3v) is 4.90. The molecular formula is C23H27FN6O2. The number of nitrogens with one attached hydrogen (secondary N) is 4. The normalized spacial score (nSPS) is 18.8. The molecule has 9 heteroatoms. The lowest BCUT2D eigenvalue weighted by atomic mass is 10.0. The van der Waals surface area contributed by atoms with Gasteiger partial charge in [0.2, 0.25) is 5.96 Å². The number of amides is 1. The van der Waals surface area contributed by atoms with Gasteiger partial charge in [-0.05, 0) is 49.7 Å². The molecule has 1 saturated heterocycles. The van der Waals surface area contributed by atoms with Crippen LogP contribution in [0.4, 0.5) is 4.39 Å². The Balaban J connectivity index is 1.77. The van der Waals surface area contributed by atoms with E-state index in [4.69, 9.17) is 10.00 Å². The molecule has 32 heavy (non-hydrogen) atoms. The molecule has 3 rings (SSSR count). The fourth-order valence-corrected chi connectivity index (χ4v) is 3.43. The molecule has 8 nitrogen and oxygen atoms in total. The van der Waals surface area contributed by atoms with Gasteiger partial charge in [0.15, 0.2) is 0 Å². The number of ether oxygens (including phenoxy) is 1. The molecule has 0 bridgehead atoms. The van der Waals surface area contributed by atoms with Crippen LogP contribution in [0.2, 0.25) is 0 Å². The summed E-state index contributed by atoms with van der Waals surface area (Å²) < 4.78 is 18.5. The fraction of sp³-hybridized carbons (Fsp3) is 0.348. The number of nitriles is 1. The lowest BCUT2D eigenvalue weighted by molar-refractivity contribution is 0.100. The number of benzene rings is 2. The van der Waals surface area contributed by atoms with Crippen molar-refractivity contribution in [3.63, 3.8) is 0 Å². The standard InChI is InChI=1S/C23H27FN6O2/c1-23(2,14-32-3)28-22(27-21(31)17-6-4-5-15(11-17)13-25)26-20-12-19(29-30-20)16-7-9-18(24)10-8-16/h4-11,19-20,29-30H,12,14H2,1-3H3,(H2,26,27,28,31). The van der Waals surface area contributed by atoms with Crippen molar-refractivity contribution < 1.29 is 13.9 Å². The van der Waals surface area contributed by atoms with Crippen molar-refractivity contribution >= 4 is 11.9 Å². The Morgan fingerprint density at radius 2 is 2.03 bits per heavy atom. The topological polar surface area (TPSA) is 111 Å². The Morgan fingerprint density at radius 3 is 2.72 bits per heavy atom. The molecule has 168 valence electrons. The van der Waals surface area contributed by atoms with E-state index in [0.29, 0.717) is 24.2 Å². The largest absolute Gasteiger partial charge is 0.382 e. The molecule has 1 heterocycles. The van der Waals surface area contributed by atoms with Crippen LogP contribution in [0, 0.1) is 17.1 Å². The lowest BCUT2D eigenvalue weighted by Gasteiger charge is -2.28. The minimum atomic E-state index is -0.502. The lowest BCUT2D eigenvalue weighted by Crippen LogP contribution is -2.56. The Bertz CT molecular complexity index is 1020. The number of hydrogen-bond acceptors (Lipinski definition) is 5. The van der Waals surface area contributed by atoms with Gasteiger partial charge in [0, 0.05) is 25.1 Å². The minimum Gasteiger partial charge on any atom is -0.382 e. The number of rotatable bonds is 6. The molecule has 2 atom stereocenters. The highest BCUT2D eigenvalue weighted by Gasteiger charge is 2.28. The zero-order valence-electron chi connectivity index (χ0n) is 18.3. The Morgan fingerprint density at radius 1 is 1.28 bits per heavy atom. The van der Waals surface area contributed by atoms with Gasteiger partial charge in [0.1, 0.15) is 5.82 Å². The van der Waals surface area contributed by atoms with Gasteiger partial charge in [-0.2, -0.15) is 10.3 Å². The quantitative estimate of drug-likeness (QED) is 0.405. The minimum absolute atomic E-state index is 0.0376. The summed E-state index contributed by atoms with van der Waals surface area (Å²) in [6.45, 7) is 4.24. The van der Waals surface area contributed by atoms with Crippen molar-refractivity contribution in [2.75, 3.05) is 13.7 Å². The Labute approximate surface area is 186 Å². The Hall–Kier alpha value is -3.32. The maximum Gasteiger partial charge on any atom is 0.280 e. The van der Waals surface area contributed by atoms with Gasteiger partial charge in [0.25, 0.3) is 5.91 Å². The van der Waals surface area contributed by atoms with Crippen molar-refractivity contribution in [1.82, 2.24) is 21.5 Å². The van der Waals surface area contributed by atoms with Crippen LogP contribution in [0.5, 0.6) is 0 Å². The van der Waals surface area contributed by atoms with Crippen LogP contribution in [0.15, 0.2) is 53.5 Å². The van der Waals surface area contributed by atoms with Crippen molar-refractivity contribution in [3.05, 3.63) is 71.0 Å². The van der Waals surface area contributed by atoms with Crippen LogP contribution in [0.3, 0.4) is 0 Å². The molecule has 2 aromatic carbocycles. The van der Waals surface area contributed by atoms with E-state index in [-0.39, 0.29) is 24.0 Å². The smallest absolute Gasteiger partial charge is 0.280 e. The monoisotopic (exact) mass is 438 g/mol. The number of carbonyl (C=O) groups is 1. The molecule has 1 amide bonds. The number of hydrazine groups is 1. The van der Waals surface area contributed by atoms with Gasteiger partial charge < -0.3 is 15.4 Å². The summed E-state index contributed by atoms with van der Waals surface area (Å²) in [6.07, 6.45) is 0.391. The van der Waals surface area contributed by atoms with Gasteiger partial charge in [-0.25, -0.2) is 15.2 Å². The zero-order chi connectivity index (χ0) is 23.1. The SMILES string of the molecule is COCC(C)(C)N/C(=N/C(=O)c1cccc(C#N)c1)NC1CC(c2ccc(F)cc2)NN1. The van der Waals surface area contributed by atoms with E-state index in [1.165, 1.54) is 18.2 Å². The maximum atomic E-state index is 13.2. The summed E-state index contributed by atoms with van der Waals surface area (Å²) in [5.41, 5.74) is 7.45. The molecule has 0 saturated carbocycles. The number of aliphatic imine (C=N–C) groups is 1. The van der Waals surface area contributed by atoms with Gasteiger partial charge in [0.05, 0.1) is 29.9 Å². The molecule has 1 aliphatic heterocycles. The molecule has 1 aliphatic rings. The van der Waals surface area contributed by atoms with Crippen LogP contribution in [-0.2, 0) is 4.74 Å². The van der Waals surface area contributed by atoms with Crippen LogP contribution >= 0.6 is 0 Å². The van der Waals surface area contributed by atoms with Crippen molar-refractivity contribution in [3.8, 4) is 6.07 Å². The summed E-state index contributed by atoms with van der Waals surface area (Å²) in [6, 6.07) is 14.7. The van der Waals surface area contributed by atoms with Crippen molar-refractivity contribution in [2.45, 2.75) is 38.0 Å². The first kappa shape index (κ1) is 23.3. The summed E-state index contributed by atoms with van der Waals surface area (Å²) in [7, 11) is 1.60. The highest BCUT2D eigenvalue weighted by atomic mass is 19.1. The second-order valence-electron chi connectivity index (χ2n) is 8.23. The molecule has 1 fully saturated rings. The van der Waals surface area contributed by atoms with Crippen LogP contribution in [0.25, 0.3) is 0 Å². The number of carbonyl (C=O) groups excluding carboxylic acids is 1. The fourth-order valence-electron chi connectivity index (χ4n) is 3.43. The second-order valence-corrected chi connectivity index (χ2v) is 8.23. The average molecular weight is 439 g/mol. The predicted octanol–water partition coefficient (Wildman–Crippen LogP) is 2.36. The molecule has 0 aromatic heterocycles. The van der Waals surface area contributed by atoms with Crippen LogP contribution in [0.1, 0.15) is 47.8 Å². The van der Waals surface area contributed by atoms with Gasteiger partial charge in [-0.3, -0.25) is 4.79 Å². The average Bonchev–Trinajstić information content (AvgIpc) is 3.22. The number of hydrogen-bond donors (Lipinski definition) is 4. The van der Waals surface area contributed by atoms with Crippen LogP contribution < -0.4 is 21.5 Å².